The number of rotatable bonds is 7. The molecule has 162 valence electrons. The standard InChI is InChI=1S/C21H33N3O5/c1-13-5-4-6-17(14(13)2)24-10-15(9-19(24)26)21(28)29-12-20(27)23(3)11-18(25)22-16-7-8-16/h13-17H,4-12H2,1-3H3,(H,22,25)/t13-,14-,15-,17-/m1/s1. The van der Waals surface area contributed by atoms with Crippen molar-refractivity contribution in [2.24, 2.45) is 17.8 Å². The first-order valence-electron chi connectivity index (χ1n) is 10.8. The molecule has 0 radical (unpaired) electrons. The lowest BCUT2D eigenvalue weighted by atomic mass is 9.77. The SMILES string of the molecule is C[C@@H]1[C@H](C)CCC[C@H]1N1C[C@H](C(=O)OCC(=O)N(C)CC(=O)NC2CC2)CC1=O. The molecule has 0 aromatic heterocycles. The van der Waals surface area contributed by atoms with Crippen LogP contribution in [-0.2, 0) is 23.9 Å². The van der Waals surface area contributed by atoms with Gasteiger partial charge < -0.3 is 19.9 Å². The number of amides is 3. The molecule has 8 heteroatoms. The summed E-state index contributed by atoms with van der Waals surface area (Å²) in [7, 11) is 1.51. The molecule has 2 aliphatic carbocycles. The van der Waals surface area contributed by atoms with Crippen LogP contribution in [0.4, 0.5) is 0 Å². The summed E-state index contributed by atoms with van der Waals surface area (Å²) in [6.45, 7) is 4.30. The predicted octanol–water partition coefficient (Wildman–Crippen LogP) is 0.940. The van der Waals surface area contributed by atoms with Crippen molar-refractivity contribution in [1.82, 2.24) is 15.1 Å². The summed E-state index contributed by atoms with van der Waals surface area (Å²) in [5, 5.41) is 2.81. The molecule has 0 aromatic rings. The zero-order valence-corrected chi connectivity index (χ0v) is 17.7. The molecule has 2 saturated carbocycles. The molecule has 0 spiro atoms. The monoisotopic (exact) mass is 407 g/mol. The Balaban J connectivity index is 1.44. The summed E-state index contributed by atoms with van der Waals surface area (Å²) in [5.74, 6) is -0.692. The van der Waals surface area contributed by atoms with Crippen LogP contribution >= 0.6 is 0 Å². The molecule has 4 atom stereocenters. The molecule has 1 heterocycles. The summed E-state index contributed by atoms with van der Waals surface area (Å²) < 4.78 is 5.18. The molecule has 0 aromatic carbocycles. The number of hydrogen-bond donors (Lipinski definition) is 1. The van der Waals surface area contributed by atoms with E-state index in [2.05, 4.69) is 19.2 Å². The average Bonchev–Trinajstić information content (AvgIpc) is 3.40. The molecule has 29 heavy (non-hydrogen) atoms. The Morgan fingerprint density at radius 1 is 1.17 bits per heavy atom. The molecular weight excluding hydrogens is 374 g/mol. The summed E-state index contributed by atoms with van der Waals surface area (Å²) in [4.78, 5) is 51.9. The van der Waals surface area contributed by atoms with Crippen LogP contribution in [0.2, 0.25) is 0 Å². The van der Waals surface area contributed by atoms with Crippen LogP contribution in [0.15, 0.2) is 0 Å². The summed E-state index contributed by atoms with van der Waals surface area (Å²) in [6.07, 6.45) is 5.37. The highest BCUT2D eigenvalue weighted by Crippen LogP contribution is 2.35. The summed E-state index contributed by atoms with van der Waals surface area (Å²) in [6, 6.07) is 0.420. The van der Waals surface area contributed by atoms with E-state index in [-0.39, 0.29) is 36.9 Å². The van der Waals surface area contributed by atoms with Crippen molar-refractivity contribution in [3.05, 3.63) is 0 Å². The Hall–Kier alpha value is -2.12. The molecule has 1 N–H and O–H groups in total. The van der Waals surface area contributed by atoms with E-state index in [0.29, 0.717) is 18.4 Å². The van der Waals surface area contributed by atoms with Gasteiger partial charge in [-0.2, -0.15) is 0 Å². The largest absolute Gasteiger partial charge is 0.455 e. The fourth-order valence-corrected chi connectivity index (χ4v) is 4.37. The number of esters is 1. The maximum absolute atomic E-state index is 12.5. The molecule has 0 unspecified atom stereocenters. The van der Waals surface area contributed by atoms with Crippen molar-refractivity contribution >= 4 is 23.7 Å². The lowest BCUT2D eigenvalue weighted by molar-refractivity contribution is -0.155. The molecular formula is C21H33N3O5. The minimum absolute atomic E-state index is 0.00177. The maximum atomic E-state index is 12.5. The number of likely N-dealkylation sites (N-methyl/N-ethyl adjacent to an activating group) is 1. The Labute approximate surface area is 172 Å². The maximum Gasteiger partial charge on any atom is 0.311 e. The molecule has 3 rings (SSSR count). The smallest absolute Gasteiger partial charge is 0.311 e. The van der Waals surface area contributed by atoms with Crippen LogP contribution in [0.25, 0.3) is 0 Å². The van der Waals surface area contributed by atoms with E-state index in [1.54, 1.807) is 0 Å². The average molecular weight is 408 g/mol. The third-order valence-electron chi connectivity index (χ3n) is 6.64. The van der Waals surface area contributed by atoms with Gasteiger partial charge in [0.05, 0.1) is 12.5 Å². The quantitative estimate of drug-likeness (QED) is 0.634. The van der Waals surface area contributed by atoms with E-state index in [1.165, 1.54) is 18.4 Å². The Kier molecular flexibility index (Phi) is 6.80. The van der Waals surface area contributed by atoms with Crippen molar-refractivity contribution in [2.45, 2.75) is 64.5 Å². The van der Waals surface area contributed by atoms with Gasteiger partial charge in [0.1, 0.15) is 0 Å². The minimum Gasteiger partial charge on any atom is -0.455 e. The van der Waals surface area contributed by atoms with Gasteiger partial charge in [0.2, 0.25) is 11.8 Å². The molecule has 1 aliphatic heterocycles. The van der Waals surface area contributed by atoms with Crippen LogP contribution in [0.3, 0.4) is 0 Å². The van der Waals surface area contributed by atoms with Gasteiger partial charge in [-0.1, -0.05) is 26.7 Å². The van der Waals surface area contributed by atoms with Crippen LogP contribution < -0.4 is 5.32 Å². The zero-order valence-electron chi connectivity index (χ0n) is 17.7. The van der Waals surface area contributed by atoms with Gasteiger partial charge in [-0.15, -0.1) is 0 Å². The fraction of sp³-hybridized carbons (Fsp3) is 0.810. The molecule has 3 fully saturated rings. The number of hydrogen-bond acceptors (Lipinski definition) is 5. The topological polar surface area (TPSA) is 96.0 Å². The van der Waals surface area contributed by atoms with Gasteiger partial charge in [0.15, 0.2) is 6.61 Å². The second-order valence-corrected chi connectivity index (χ2v) is 8.98. The number of likely N-dealkylation sites (tertiary alicyclic amines) is 1. The number of nitrogens with one attached hydrogen (secondary N) is 1. The van der Waals surface area contributed by atoms with Crippen molar-refractivity contribution in [3.63, 3.8) is 0 Å². The van der Waals surface area contributed by atoms with Gasteiger partial charge in [0, 0.05) is 32.1 Å². The van der Waals surface area contributed by atoms with Crippen molar-refractivity contribution in [3.8, 4) is 0 Å². The number of nitrogens with zero attached hydrogens (tertiary/aromatic N) is 2. The van der Waals surface area contributed by atoms with Crippen LogP contribution in [0.1, 0.15) is 52.4 Å². The van der Waals surface area contributed by atoms with Crippen molar-refractivity contribution < 1.29 is 23.9 Å². The highest BCUT2D eigenvalue weighted by molar-refractivity contribution is 5.89. The lowest BCUT2D eigenvalue weighted by Gasteiger charge is -2.39. The van der Waals surface area contributed by atoms with Crippen molar-refractivity contribution in [1.29, 1.82) is 0 Å². The van der Waals surface area contributed by atoms with Crippen LogP contribution in [-0.4, -0.2) is 72.3 Å². The number of carbonyl (C=O) groups is 4. The first-order valence-corrected chi connectivity index (χ1v) is 10.8. The molecule has 1 saturated heterocycles. The summed E-state index contributed by atoms with van der Waals surface area (Å²) in [5.41, 5.74) is 0. The minimum atomic E-state index is -0.525. The third-order valence-corrected chi connectivity index (χ3v) is 6.64. The van der Waals surface area contributed by atoms with Crippen molar-refractivity contribution in [2.75, 3.05) is 26.7 Å². The van der Waals surface area contributed by atoms with Gasteiger partial charge in [-0.25, -0.2) is 0 Å². The van der Waals surface area contributed by atoms with E-state index >= 15 is 0 Å². The molecule has 0 bridgehead atoms. The summed E-state index contributed by atoms with van der Waals surface area (Å²) >= 11 is 0. The van der Waals surface area contributed by atoms with E-state index in [4.69, 9.17) is 4.74 Å². The number of carbonyl (C=O) groups excluding carboxylic acids is 4. The first kappa shape index (κ1) is 21.6. The Morgan fingerprint density at radius 2 is 1.90 bits per heavy atom. The highest BCUT2D eigenvalue weighted by atomic mass is 16.5. The highest BCUT2D eigenvalue weighted by Gasteiger charge is 2.42. The zero-order chi connectivity index (χ0) is 21.1. The van der Waals surface area contributed by atoms with E-state index in [1.807, 2.05) is 4.90 Å². The molecule has 8 nitrogen and oxygen atoms in total. The van der Waals surface area contributed by atoms with Gasteiger partial charge in [-0.3, -0.25) is 19.2 Å². The van der Waals surface area contributed by atoms with Crippen LogP contribution in [0.5, 0.6) is 0 Å². The van der Waals surface area contributed by atoms with E-state index < -0.39 is 24.4 Å². The van der Waals surface area contributed by atoms with E-state index in [0.717, 1.165) is 25.7 Å². The second kappa shape index (κ2) is 9.13. The van der Waals surface area contributed by atoms with Gasteiger partial charge in [0.25, 0.3) is 5.91 Å². The van der Waals surface area contributed by atoms with Gasteiger partial charge >= 0.3 is 5.97 Å². The van der Waals surface area contributed by atoms with Crippen LogP contribution in [0, 0.1) is 17.8 Å². The Morgan fingerprint density at radius 3 is 2.59 bits per heavy atom. The second-order valence-electron chi connectivity index (χ2n) is 8.98. The normalized spacial score (nSPS) is 29.5. The Bertz CT molecular complexity index is 663. The van der Waals surface area contributed by atoms with Gasteiger partial charge in [-0.05, 0) is 31.1 Å². The number of ether oxygens (including phenoxy) is 1. The molecule has 3 amide bonds. The predicted molar refractivity (Wildman–Crippen MR) is 106 cm³/mol. The van der Waals surface area contributed by atoms with E-state index in [9.17, 15) is 19.2 Å². The lowest BCUT2D eigenvalue weighted by Crippen LogP contribution is -2.45. The first-order chi connectivity index (χ1) is 13.8. The molecule has 3 aliphatic rings. The third kappa shape index (κ3) is 5.48. The fourth-order valence-electron chi connectivity index (χ4n) is 4.37.